The van der Waals surface area contributed by atoms with E-state index in [1.165, 1.54) is 0 Å². The molecular weight excluding hydrogens is 208 g/mol. The van der Waals surface area contributed by atoms with Crippen molar-refractivity contribution in [2.45, 2.75) is 32.6 Å². The lowest BCUT2D eigenvalue weighted by atomic mass is 10.1. The quantitative estimate of drug-likeness (QED) is 0.642. The van der Waals surface area contributed by atoms with E-state index in [0.717, 1.165) is 6.42 Å². The minimum absolute atomic E-state index is 0.0608. The molecule has 0 aliphatic rings. The van der Waals surface area contributed by atoms with Gasteiger partial charge in [0, 0.05) is 26.4 Å². The Morgan fingerprint density at radius 2 is 2.00 bits per heavy atom. The number of carbonyl (C=O) groups excluding carboxylic acids is 1. The van der Waals surface area contributed by atoms with Crippen molar-refractivity contribution in [3.8, 4) is 0 Å². The maximum absolute atomic E-state index is 11.6. The van der Waals surface area contributed by atoms with Gasteiger partial charge >= 0.3 is 5.97 Å². The summed E-state index contributed by atoms with van der Waals surface area (Å²) in [6.07, 6.45) is 1.89. The molecule has 0 aromatic carbocycles. The second kappa shape index (κ2) is 8.10. The highest BCUT2D eigenvalue weighted by Crippen LogP contribution is 2.05. The maximum atomic E-state index is 11.6. The van der Waals surface area contributed by atoms with Crippen molar-refractivity contribution in [2.24, 2.45) is 11.7 Å². The first-order chi connectivity index (χ1) is 7.47. The predicted octanol–water partition coefficient (Wildman–Crippen LogP) is 0.685. The number of hydrogen-bond donors (Lipinski definition) is 2. The average Bonchev–Trinajstić information content (AvgIpc) is 2.24. The fraction of sp³-hybridized carbons (Fsp3) is 0.818. The highest BCUT2D eigenvalue weighted by Gasteiger charge is 2.10. The number of rotatable bonds is 8. The van der Waals surface area contributed by atoms with Crippen LogP contribution >= 0.6 is 0 Å². The van der Waals surface area contributed by atoms with Gasteiger partial charge in [-0.25, -0.2) is 0 Å². The van der Waals surface area contributed by atoms with Gasteiger partial charge in [0.15, 0.2) is 0 Å². The third-order valence-electron chi connectivity index (χ3n) is 2.56. The first-order valence-corrected chi connectivity index (χ1v) is 5.63. The van der Waals surface area contributed by atoms with E-state index < -0.39 is 5.97 Å². The van der Waals surface area contributed by atoms with E-state index in [4.69, 9.17) is 10.8 Å². The molecule has 0 saturated heterocycles. The SMILES string of the molecule is CC(CN)CCC(=O)N(C)CCCC(=O)O. The Morgan fingerprint density at radius 3 is 2.50 bits per heavy atom. The first-order valence-electron chi connectivity index (χ1n) is 5.63. The summed E-state index contributed by atoms with van der Waals surface area (Å²) in [5.74, 6) is -0.403. The molecule has 0 bridgehead atoms. The lowest BCUT2D eigenvalue weighted by Gasteiger charge is -2.17. The van der Waals surface area contributed by atoms with Crippen LogP contribution in [0.3, 0.4) is 0 Å². The van der Waals surface area contributed by atoms with Crippen molar-refractivity contribution < 1.29 is 14.7 Å². The zero-order valence-corrected chi connectivity index (χ0v) is 10.1. The molecular formula is C11H22N2O3. The molecule has 5 heteroatoms. The highest BCUT2D eigenvalue weighted by molar-refractivity contribution is 5.75. The number of amides is 1. The molecule has 0 aliphatic carbocycles. The normalized spacial score (nSPS) is 12.2. The fourth-order valence-corrected chi connectivity index (χ4v) is 1.27. The fourth-order valence-electron chi connectivity index (χ4n) is 1.27. The van der Waals surface area contributed by atoms with Gasteiger partial charge in [0.1, 0.15) is 0 Å². The van der Waals surface area contributed by atoms with Crippen LogP contribution in [0.5, 0.6) is 0 Å². The van der Waals surface area contributed by atoms with Crippen LogP contribution in [0, 0.1) is 5.92 Å². The van der Waals surface area contributed by atoms with Crippen molar-refractivity contribution in [1.82, 2.24) is 4.90 Å². The van der Waals surface area contributed by atoms with E-state index in [1.807, 2.05) is 6.92 Å². The van der Waals surface area contributed by atoms with Gasteiger partial charge in [-0.15, -0.1) is 0 Å². The van der Waals surface area contributed by atoms with E-state index in [1.54, 1.807) is 11.9 Å². The second-order valence-electron chi connectivity index (χ2n) is 4.19. The van der Waals surface area contributed by atoms with Gasteiger partial charge in [-0.3, -0.25) is 9.59 Å². The molecule has 0 saturated carbocycles. The largest absolute Gasteiger partial charge is 0.481 e. The molecule has 1 atom stereocenters. The van der Waals surface area contributed by atoms with Crippen molar-refractivity contribution in [2.75, 3.05) is 20.1 Å². The number of carbonyl (C=O) groups is 2. The van der Waals surface area contributed by atoms with Crippen LogP contribution in [-0.2, 0) is 9.59 Å². The Hall–Kier alpha value is -1.10. The molecule has 1 amide bonds. The molecule has 0 fully saturated rings. The molecule has 5 nitrogen and oxygen atoms in total. The molecule has 94 valence electrons. The van der Waals surface area contributed by atoms with Gasteiger partial charge in [0.25, 0.3) is 0 Å². The van der Waals surface area contributed by atoms with Crippen LogP contribution in [0.25, 0.3) is 0 Å². The topological polar surface area (TPSA) is 83.6 Å². The number of nitrogens with zero attached hydrogens (tertiary/aromatic N) is 1. The summed E-state index contributed by atoms with van der Waals surface area (Å²) in [6, 6.07) is 0. The molecule has 1 unspecified atom stereocenters. The lowest BCUT2D eigenvalue weighted by Crippen LogP contribution is -2.28. The summed E-state index contributed by atoms with van der Waals surface area (Å²) in [4.78, 5) is 23.5. The number of carboxylic acids is 1. The third-order valence-corrected chi connectivity index (χ3v) is 2.56. The molecule has 0 heterocycles. The summed E-state index contributed by atoms with van der Waals surface area (Å²) < 4.78 is 0. The summed E-state index contributed by atoms with van der Waals surface area (Å²) in [6.45, 7) is 3.11. The smallest absolute Gasteiger partial charge is 0.303 e. The Morgan fingerprint density at radius 1 is 1.38 bits per heavy atom. The standard InChI is InChI=1S/C11H22N2O3/c1-9(8-12)5-6-10(14)13(2)7-3-4-11(15)16/h9H,3-8,12H2,1-2H3,(H,15,16). The lowest BCUT2D eigenvalue weighted by molar-refractivity contribution is -0.138. The molecule has 16 heavy (non-hydrogen) atoms. The Bertz CT molecular complexity index is 231. The van der Waals surface area contributed by atoms with Crippen molar-refractivity contribution >= 4 is 11.9 Å². The predicted molar refractivity (Wildman–Crippen MR) is 62.0 cm³/mol. The molecule has 3 N–H and O–H groups in total. The average molecular weight is 230 g/mol. The monoisotopic (exact) mass is 230 g/mol. The van der Waals surface area contributed by atoms with E-state index in [2.05, 4.69) is 0 Å². The van der Waals surface area contributed by atoms with E-state index in [-0.39, 0.29) is 12.3 Å². The molecule has 0 rings (SSSR count). The first kappa shape index (κ1) is 14.9. The minimum Gasteiger partial charge on any atom is -0.481 e. The van der Waals surface area contributed by atoms with Crippen molar-refractivity contribution in [1.29, 1.82) is 0 Å². The summed E-state index contributed by atoms with van der Waals surface area (Å²) >= 11 is 0. The van der Waals surface area contributed by atoms with Gasteiger partial charge in [-0.1, -0.05) is 6.92 Å². The Kier molecular flexibility index (Phi) is 7.54. The molecule has 0 spiro atoms. The molecule has 0 aromatic heterocycles. The van der Waals surface area contributed by atoms with Crippen molar-refractivity contribution in [3.05, 3.63) is 0 Å². The van der Waals surface area contributed by atoms with Gasteiger partial charge in [0.2, 0.25) is 5.91 Å². The number of aliphatic carboxylic acids is 1. The minimum atomic E-state index is -0.822. The molecule has 0 aliphatic heterocycles. The number of hydrogen-bond acceptors (Lipinski definition) is 3. The van der Waals surface area contributed by atoms with Crippen molar-refractivity contribution in [3.63, 3.8) is 0 Å². The Labute approximate surface area is 96.6 Å². The van der Waals surface area contributed by atoms with E-state index >= 15 is 0 Å². The summed E-state index contributed by atoms with van der Waals surface area (Å²) in [5.41, 5.74) is 5.46. The van der Waals surface area contributed by atoms with Gasteiger partial charge in [0.05, 0.1) is 0 Å². The maximum Gasteiger partial charge on any atom is 0.303 e. The number of carboxylic acid groups (broad SMARTS) is 1. The van der Waals surface area contributed by atoms with Crippen LogP contribution in [-0.4, -0.2) is 42.0 Å². The van der Waals surface area contributed by atoms with Gasteiger partial charge in [-0.05, 0) is 25.3 Å². The van der Waals surface area contributed by atoms with Crippen LogP contribution in [0.1, 0.15) is 32.6 Å². The van der Waals surface area contributed by atoms with Crippen LogP contribution in [0.4, 0.5) is 0 Å². The zero-order valence-electron chi connectivity index (χ0n) is 10.1. The van der Waals surface area contributed by atoms with Crippen LogP contribution in [0.2, 0.25) is 0 Å². The summed E-state index contributed by atoms with van der Waals surface area (Å²) in [7, 11) is 1.71. The van der Waals surface area contributed by atoms with Gasteiger partial charge < -0.3 is 15.7 Å². The second-order valence-corrected chi connectivity index (χ2v) is 4.19. The number of nitrogens with two attached hydrogens (primary N) is 1. The third kappa shape index (κ3) is 7.23. The van der Waals surface area contributed by atoms with Gasteiger partial charge in [-0.2, -0.15) is 0 Å². The zero-order chi connectivity index (χ0) is 12.6. The van der Waals surface area contributed by atoms with E-state index in [9.17, 15) is 9.59 Å². The highest BCUT2D eigenvalue weighted by atomic mass is 16.4. The Balaban J connectivity index is 3.69. The summed E-state index contributed by atoms with van der Waals surface area (Å²) in [5, 5.41) is 8.46. The molecule has 0 radical (unpaired) electrons. The van der Waals surface area contributed by atoms with E-state index in [0.29, 0.717) is 31.8 Å². The van der Waals surface area contributed by atoms with Crippen LogP contribution in [0.15, 0.2) is 0 Å². The van der Waals surface area contributed by atoms with Crippen LogP contribution < -0.4 is 5.73 Å². The molecule has 0 aromatic rings.